The second-order valence-electron chi connectivity index (χ2n) is 9.54. The fraction of sp³-hybridized carbons (Fsp3) is 0.250. The molecule has 204 valence electrons. The van der Waals surface area contributed by atoms with Gasteiger partial charge in [0, 0.05) is 30.9 Å². The van der Waals surface area contributed by atoms with Crippen LogP contribution in [0.2, 0.25) is 0 Å². The van der Waals surface area contributed by atoms with Crippen LogP contribution in [0.15, 0.2) is 54.6 Å². The van der Waals surface area contributed by atoms with Crippen LogP contribution in [0.5, 0.6) is 5.75 Å². The zero-order valence-electron chi connectivity index (χ0n) is 21.9. The van der Waals surface area contributed by atoms with Crippen LogP contribution in [0.3, 0.4) is 0 Å². The number of likely N-dealkylation sites (N-methyl/N-ethyl adjacent to an activating group) is 1. The summed E-state index contributed by atoms with van der Waals surface area (Å²) < 4.78 is 40.0. The highest BCUT2D eigenvalue weighted by Gasteiger charge is 2.31. The Morgan fingerprint density at radius 1 is 1.08 bits per heavy atom. The first kappa shape index (κ1) is 27.5. The van der Waals surface area contributed by atoms with Gasteiger partial charge in [-0.1, -0.05) is 6.07 Å². The van der Waals surface area contributed by atoms with E-state index in [1.165, 1.54) is 17.0 Å². The van der Waals surface area contributed by atoms with Crippen LogP contribution in [0.4, 0.5) is 36.1 Å². The van der Waals surface area contributed by atoms with E-state index < -0.39 is 17.8 Å². The van der Waals surface area contributed by atoms with Crippen molar-refractivity contribution in [2.24, 2.45) is 0 Å². The van der Waals surface area contributed by atoms with Crippen molar-refractivity contribution in [3.8, 4) is 5.75 Å². The molecule has 0 spiro atoms. The number of nitrogens with one attached hydrogen (secondary N) is 2. The number of phenolic OH excluding ortho intramolecular Hbond substituents is 1. The van der Waals surface area contributed by atoms with E-state index >= 15 is 0 Å². The minimum absolute atomic E-state index is 0.00501. The molecule has 4 rings (SSSR count). The smallest absolute Gasteiger partial charge is 0.416 e. The molecular formula is C28H29F3N6O2. The summed E-state index contributed by atoms with van der Waals surface area (Å²) in [7, 11) is 3.35. The summed E-state index contributed by atoms with van der Waals surface area (Å²) in [6, 6.07) is 13.1. The molecule has 11 heteroatoms. The van der Waals surface area contributed by atoms with Gasteiger partial charge in [-0.3, -0.25) is 4.79 Å². The summed E-state index contributed by atoms with van der Waals surface area (Å²) in [6.07, 6.45) is -4.34. The maximum absolute atomic E-state index is 13.3. The number of amides is 1. The van der Waals surface area contributed by atoms with Crippen LogP contribution in [0, 0.1) is 6.92 Å². The molecule has 0 saturated heterocycles. The Balaban J connectivity index is 1.66. The SMILES string of the molecule is Cc1nc(N[C@H](C)c2cc(N)cc(C(F)(F)F)c2)c2cc(Nc3cc(CC(=O)N(C)C)ccc3O)ccc2n1. The number of hydrogen-bond donors (Lipinski definition) is 4. The Hall–Kier alpha value is -4.54. The molecule has 0 aliphatic rings. The lowest BCUT2D eigenvalue weighted by atomic mass is 10.0. The summed E-state index contributed by atoms with van der Waals surface area (Å²) >= 11 is 0. The minimum Gasteiger partial charge on any atom is -0.506 e. The lowest BCUT2D eigenvalue weighted by molar-refractivity contribution is -0.137. The number of aromatic nitrogens is 2. The number of fused-ring (bicyclic) bond motifs is 1. The molecule has 0 radical (unpaired) electrons. The number of nitrogens with zero attached hydrogens (tertiary/aromatic N) is 3. The highest BCUT2D eigenvalue weighted by Crippen LogP contribution is 2.35. The van der Waals surface area contributed by atoms with Gasteiger partial charge in [0.15, 0.2) is 0 Å². The van der Waals surface area contributed by atoms with Crippen molar-refractivity contribution >= 4 is 39.7 Å². The van der Waals surface area contributed by atoms with E-state index in [0.29, 0.717) is 39.5 Å². The predicted molar refractivity (Wildman–Crippen MR) is 146 cm³/mol. The summed E-state index contributed by atoms with van der Waals surface area (Å²) in [5, 5.41) is 17.4. The molecule has 0 aliphatic carbocycles. The lowest BCUT2D eigenvalue weighted by Crippen LogP contribution is -2.23. The summed E-state index contributed by atoms with van der Waals surface area (Å²) in [5.41, 5.74) is 7.68. The molecule has 1 amide bonds. The molecule has 0 bridgehead atoms. The van der Waals surface area contributed by atoms with Crippen LogP contribution < -0.4 is 16.4 Å². The van der Waals surface area contributed by atoms with E-state index in [4.69, 9.17) is 5.73 Å². The molecule has 39 heavy (non-hydrogen) atoms. The van der Waals surface area contributed by atoms with E-state index in [1.54, 1.807) is 58.3 Å². The van der Waals surface area contributed by atoms with Crippen molar-refractivity contribution in [3.05, 3.63) is 77.1 Å². The minimum atomic E-state index is -4.52. The number of anilines is 4. The highest BCUT2D eigenvalue weighted by molar-refractivity contribution is 5.92. The number of nitrogen functional groups attached to an aromatic ring is 1. The normalized spacial score (nSPS) is 12.3. The molecule has 1 heterocycles. The molecule has 0 unspecified atom stereocenters. The molecule has 0 fully saturated rings. The van der Waals surface area contributed by atoms with Gasteiger partial charge in [-0.2, -0.15) is 13.2 Å². The second kappa shape index (κ2) is 10.7. The van der Waals surface area contributed by atoms with Gasteiger partial charge in [-0.25, -0.2) is 9.97 Å². The fourth-order valence-electron chi connectivity index (χ4n) is 4.09. The van der Waals surface area contributed by atoms with Crippen molar-refractivity contribution in [2.75, 3.05) is 30.5 Å². The van der Waals surface area contributed by atoms with Crippen molar-refractivity contribution < 1.29 is 23.1 Å². The van der Waals surface area contributed by atoms with Gasteiger partial charge >= 0.3 is 6.18 Å². The fourth-order valence-corrected chi connectivity index (χ4v) is 4.09. The molecule has 4 aromatic rings. The number of carbonyl (C=O) groups excluding carboxylic acids is 1. The molecule has 1 aromatic heterocycles. The van der Waals surface area contributed by atoms with E-state index in [0.717, 1.165) is 17.7 Å². The number of benzene rings is 3. The zero-order chi connectivity index (χ0) is 28.5. The van der Waals surface area contributed by atoms with Crippen LogP contribution in [0.25, 0.3) is 10.9 Å². The van der Waals surface area contributed by atoms with E-state index in [2.05, 4.69) is 20.6 Å². The average Bonchev–Trinajstić information content (AvgIpc) is 2.85. The third-order valence-electron chi connectivity index (χ3n) is 6.16. The maximum Gasteiger partial charge on any atom is 0.416 e. The first-order chi connectivity index (χ1) is 18.3. The molecule has 3 aromatic carbocycles. The Labute approximate surface area is 223 Å². The summed E-state index contributed by atoms with van der Waals surface area (Å²) in [5.74, 6) is 0.846. The monoisotopic (exact) mass is 538 g/mol. The largest absolute Gasteiger partial charge is 0.506 e. The number of halogens is 3. The Kier molecular flexibility index (Phi) is 7.53. The van der Waals surface area contributed by atoms with Gasteiger partial charge < -0.3 is 26.4 Å². The van der Waals surface area contributed by atoms with Crippen LogP contribution in [0.1, 0.15) is 35.5 Å². The van der Waals surface area contributed by atoms with Gasteiger partial charge in [-0.15, -0.1) is 0 Å². The Morgan fingerprint density at radius 3 is 2.51 bits per heavy atom. The lowest BCUT2D eigenvalue weighted by Gasteiger charge is -2.19. The number of nitrogens with two attached hydrogens (primary N) is 1. The Morgan fingerprint density at radius 2 is 1.82 bits per heavy atom. The van der Waals surface area contributed by atoms with Crippen molar-refractivity contribution in [1.29, 1.82) is 0 Å². The van der Waals surface area contributed by atoms with Crippen LogP contribution in [-0.4, -0.2) is 40.0 Å². The molecule has 1 atom stereocenters. The number of aryl methyl sites for hydroxylation is 1. The van der Waals surface area contributed by atoms with E-state index in [-0.39, 0.29) is 23.8 Å². The topological polar surface area (TPSA) is 116 Å². The van der Waals surface area contributed by atoms with Crippen molar-refractivity contribution in [3.63, 3.8) is 0 Å². The predicted octanol–water partition coefficient (Wildman–Crippen LogP) is 5.79. The zero-order valence-corrected chi connectivity index (χ0v) is 21.9. The number of alkyl halides is 3. The van der Waals surface area contributed by atoms with Gasteiger partial charge in [-0.05, 0) is 73.5 Å². The second-order valence-corrected chi connectivity index (χ2v) is 9.54. The molecule has 5 N–H and O–H groups in total. The summed E-state index contributed by atoms with van der Waals surface area (Å²) in [6.45, 7) is 3.45. The average molecular weight is 539 g/mol. The van der Waals surface area contributed by atoms with E-state index in [1.807, 2.05) is 0 Å². The van der Waals surface area contributed by atoms with Gasteiger partial charge in [0.05, 0.1) is 29.2 Å². The number of carbonyl (C=O) groups is 1. The highest BCUT2D eigenvalue weighted by atomic mass is 19.4. The number of hydrogen-bond acceptors (Lipinski definition) is 7. The number of phenols is 1. The standard InChI is InChI=1S/C28H29F3N6O2/c1-15(18-11-19(28(29,30)31)13-20(32)12-18)33-27-22-14-21(6-7-23(22)34-16(2)35-27)36-24-9-17(5-8-25(24)38)10-26(39)37(3)4/h5-9,11-15,36,38H,10,32H2,1-4H3,(H,33,34,35)/t15-/m1/s1. The Bertz CT molecular complexity index is 1540. The summed E-state index contributed by atoms with van der Waals surface area (Å²) in [4.78, 5) is 22.6. The quantitative estimate of drug-likeness (QED) is 0.174. The maximum atomic E-state index is 13.3. The first-order valence-corrected chi connectivity index (χ1v) is 12.1. The number of rotatable bonds is 7. The number of aromatic hydroxyl groups is 1. The van der Waals surface area contributed by atoms with Crippen LogP contribution in [-0.2, 0) is 17.4 Å². The molecule has 8 nitrogen and oxygen atoms in total. The van der Waals surface area contributed by atoms with E-state index in [9.17, 15) is 23.1 Å². The van der Waals surface area contributed by atoms with Gasteiger partial charge in [0.2, 0.25) is 5.91 Å². The first-order valence-electron chi connectivity index (χ1n) is 12.1. The molecule has 0 aliphatic heterocycles. The third-order valence-corrected chi connectivity index (χ3v) is 6.16. The van der Waals surface area contributed by atoms with Crippen molar-refractivity contribution in [1.82, 2.24) is 14.9 Å². The molecular weight excluding hydrogens is 509 g/mol. The van der Waals surface area contributed by atoms with Crippen LogP contribution >= 0.6 is 0 Å². The van der Waals surface area contributed by atoms with Gasteiger partial charge in [0.1, 0.15) is 17.4 Å². The van der Waals surface area contributed by atoms with Crippen molar-refractivity contribution in [2.45, 2.75) is 32.5 Å². The van der Waals surface area contributed by atoms with Gasteiger partial charge in [0.25, 0.3) is 0 Å². The molecule has 0 saturated carbocycles. The third kappa shape index (κ3) is 6.49.